The second-order valence-electron chi connectivity index (χ2n) is 4.52. The Balaban J connectivity index is 1.86. The van der Waals surface area contributed by atoms with E-state index in [1.807, 2.05) is 30.3 Å². The highest BCUT2D eigenvalue weighted by Gasteiger charge is 1.99. The third kappa shape index (κ3) is 4.50. The first-order valence-corrected chi connectivity index (χ1v) is 6.69. The molecule has 0 heterocycles. The number of carbonyl (C=O) groups is 1. The number of hydrogen-bond donors (Lipinski definition) is 0. The molecule has 2 rings (SSSR count). The average Bonchev–Trinajstić information content (AvgIpc) is 2.59. The fourth-order valence-corrected chi connectivity index (χ4v) is 1.76. The molecule has 0 aliphatic rings. The average molecular weight is 293 g/mol. The summed E-state index contributed by atoms with van der Waals surface area (Å²) in [7, 11) is 1.60. The van der Waals surface area contributed by atoms with Crippen LogP contribution in [0.25, 0.3) is 6.08 Å². The quantitative estimate of drug-likeness (QED) is 0.626. The standard InChI is InChI=1S/C18H15NO3/c1-21-17-9-6-14(7-10-17)8-11-18(20)22-13-16-4-2-15(12-19)3-5-16/h2-11H,13H2,1H3. The molecular weight excluding hydrogens is 278 g/mol. The molecule has 2 aromatic carbocycles. The topological polar surface area (TPSA) is 59.3 Å². The number of esters is 1. The molecule has 0 aliphatic carbocycles. The molecule has 0 fully saturated rings. The normalized spacial score (nSPS) is 10.2. The summed E-state index contributed by atoms with van der Waals surface area (Å²) in [5, 5.41) is 8.71. The lowest BCUT2D eigenvalue weighted by Gasteiger charge is -2.02. The molecule has 0 atom stereocenters. The third-order valence-corrected chi connectivity index (χ3v) is 2.99. The number of hydrogen-bond acceptors (Lipinski definition) is 4. The Morgan fingerprint density at radius 3 is 2.41 bits per heavy atom. The van der Waals surface area contributed by atoms with Crippen LogP contribution in [0.15, 0.2) is 54.6 Å². The highest BCUT2D eigenvalue weighted by atomic mass is 16.5. The van der Waals surface area contributed by atoms with Crippen molar-refractivity contribution in [3.63, 3.8) is 0 Å². The van der Waals surface area contributed by atoms with Crippen LogP contribution in [0, 0.1) is 11.3 Å². The van der Waals surface area contributed by atoms with Gasteiger partial charge in [0, 0.05) is 6.08 Å². The van der Waals surface area contributed by atoms with E-state index in [1.54, 1.807) is 37.5 Å². The minimum Gasteiger partial charge on any atom is -0.497 e. The zero-order valence-corrected chi connectivity index (χ0v) is 12.2. The van der Waals surface area contributed by atoms with Crippen molar-refractivity contribution in [1.82, 2.24) is 0 Å². The molecule has 4 nitrogen and oxygen atoms in total. The van der Waals surface area contributed by atoms with Crippen molar-refractivity contribution in [3.05, 3.63) is 71.3 Å². The molecule has 0 aliphatic heterocycles. The number of nitrogens with zero attached hydrogens (tertiary/aromatic N) is 1. The lowest BCUT2D eigenvalue weighted by molar-refractivity contribution is -0.138. The Kier molecular flexibility index (Phi) is 5.33. The Hall–Kier alpha value is -3.06. The first kappa shape index (κ1) is 15.3. The molecular formula is C18H15NO3. The molecule has 110 valence electrons. The maximum atomic E-state index is 11.6. The van der Waals surface area contributed by atoms with Crippen molar-refractivity contribution in [2.45, 2.75) is 6.61 Å². The molecule has 0 bridgehead atoms. The predicted molar refractivity (Wildman–Crippen MR) is 83.0 cm³/mol. The number of carbonyl (C=O) groups excluding carboxylic acids is 1. The number of ether oxygens (including phenoxy) is 2. The van der Waals surface area contributed by atoms with E-state index in [0.717, 1.165) is 16.9 Å². The van der Waals surface area contributed by atoms with Gasteiger partial charge in [0.1, 0.15) is 12.4 Å². The molecule has 0 unspecified atom stereocenters. The molecule has 22 heavy (non-hydrogen) atoms. The Morgan fingerprint density at radius 1 is 1.14 bits per heavy atom. The van der Waals surface area contributed by atoms with E-state index in [-0.39, 0.29) is 6.61 Å². The molecule has 2 aromatic rings. The van der Waals surface area contributed by atoms with Crippen LogP contribution < -0.4 is 4.74 Å². The van der Waals surface area contributed by atoms with Gasteiger partial charge in [-0.25, -0.2) is 4.79 Å². The monoisotopic (exact) mass is 293 g/mol. The van der Waals surface area contributed by atoms with Gasteiger partial charge in [-0.1, -0.05) is 24.3 Å². The number of nitriles is 1. The van der Waals surface area contributed by atoms with Crippen LogP contribution in [0.2, 0.25) is 0 Å². The number of methoxy groups -OCH3 is 1. The molecule has 0 amide bonds. The van der Waals surface area contributed by atoms with E-state index in [0.29, 0.717) is 5.56 Å². The Labute approximate surface area is 129 Å². The molecule has 4 heteroatoms. The van der Waals surface area contributed by atoms with Crippen molar-refractivity contribution < 1.29 is 14.3 Å². The largest absolute Gasteiger partial charge is 0.497 e. The molecule has 0 saturated carbocycles. The van der Waals surface area contributed by atoms with Crippen molar-refractivity contribution in [2.24, 2.45) is 0 Å². The van der Waals surface area contributed by atoms with Crippen molar-refractivity contribution >= 4 is 12.0 Å². The summed E-state index contributed by atoms with van der Waals surface area (Å²) in [6, 6.07) is 16.3. The Bertz CT molecular complexity index is 695. The summed E-state index contributed by atoms with van der Waals surface area (Å²) >= 11 is 0. The van der Waals surface area contributed by atoms with Crippen LogP contribution in [0.4, 0.5) is 0 Å². The van der Waals surface area contributed by atoms with Gasteiger partial charge >= 0.3 is 5.97 Å². The van der Waals surface area contributed by atoms with Gasteiger partial charge in [-0.05, 0) is 41.5 Å². The zero-order valence-electron chi connectivity index (χ0n) is 12.2. The summed E-state index contributed by atoms with van der Waals surface area (Å²) in [6.45, 7) is 0.178. The fraction of sp³-hybridized carbons (Fsp3) is 0.111. The minimum absolute atomic E-state index is 0.178. The first-order chi connectivity index (χ1) is 10.7. The van der Waals surface area contributed by atoms with Crippen LogP contribution in [0.1, 0.15) is 16.7 Å². The van der Waals surface area contributed by atoms with Gasteiger partial charge in [0.25, 0.3) is 0 Å². The van der Waals surface area contributed by atoms with Crippen LogP contribution in [-0.2, 0) is 16.1 Å². The van der Waals surface area contributed by atoms with Crippen LogP contribution >= 0.6 is 0 Å². The Morgan fingerprint density at radius 2 is 1.82 bits per heavy atom. The van der Waals surface area contributed by atoms with Crippen molar-refractivity contribution in [3.8, 4) is 11.8 Å². The zero-order chi connectivity index (χ0) is 15.8. The molecule has 0 saturated heterocycles. The summed E-state index contributed by atoms with van der Waals surface area (Å²) < 4.78 is 10.2. The van der Waals surface area contributed by atoms with E-state index in [4.69, 9.17) is 14.7 Å². The van der Waals surface area contributed by atoms with E-state index in [1.165, 1.54) is 6.08 Å². The molecule has 0 aromatic heterocycles. The van der Waals surface area contributed by atoms with E-state index in [2.05, 4.69) is 0 Å². The summed E-state index contributed by atoms with van der Waals surface area (Å²) in [5.74, 6) is 0.348. The van der Waals surface area contributed by atoms with Gasteiger partial charge in [-0.15, -0.1) is 0 Å². The molecule has 0 N–H and O–H groups in total. The fourth-order valence-electron chi connectivity index (χ4n) is 1.76. The van der Waals surface area contributed by atoms with Gasteiger partial charge in [0.05, 0.1) is 18.7 Å². The number of rotatable bonds is 5. The summed E-state index contributed by atoms with van der Waals surface area (Å²) in [4.78, 5) is 11.6. The van der Waals surface area contributed by atoms with Crippen molar-refractivity contribution in [2.75, 3.05) is 7.11 Å². The summed E-state index contributed by atoms with van der Waals surface area (Å²) in [5.41, 5.74) is 2.30. The van der Waals surface area contributed by atoms with E-state index >= 15 is 0 Å². The second-order valence-corrected chi connectivity index (χ2v) is 4.52. The molecule has 0 radical (unpaired) electrons. The third-order valence-electron chi connectivity index (χ3n) is 2.99. The predicted octanol–water partition coefficient (Wildman–Crippen LogP) is 3.32. The maximum absolute atomic E-state index is 11.6. The molecule has 0 spiro atoms. The van der Waals surface area contributed by atoms with Gasteiger partial charge in [0.15, 0.2) is 0 Å². The van der Waals surface area contributed by atoms with E-state index in [9.17, 15) is 4.79 Å². The van der Waals surface area contributed by atoms with Crippen molar-refractivity contribution in [1.29, 1.82) is 5.26 Å². The SMILES string of the molecule is COc1ccc(C=CC(=O)OCc2ccc(C#N)cc2)cc1. The smallest absolute Gasteiger partial charge is 0.331 e. The van der Waals surface area contributed by atoms with E-state index < -0.39 is 5.97 Å². The second kappa shape index (κ2) is 7.65. The van der Waals surface area contributed by atoms with Gasteiger partial charge in [-0.3, -0.25) is 0 Å². The van der Waals surface area contributed by atoms with Crippen LogP contribution in [0.5, 0.6) is 5.75 Å². The van der Waals surface area contributed by atoms with Gasteiger partial charge < -0.3 is 9.47 Å². The van der Waals surface area contributed by atoms with Gasteiger partial charge in [0.2, 0.25) is 0 Å². The highest BCUT2D eigenvalue weighted by Crippen LogP contribution is 2.12. The lowest BCUT2D eigenvalue weighted by Crippen LogP contribution is -2.00. The highest BCUT2D eigenvalue weighted by molar-refractivity contribution is 5.87. The first-order valence-electron chi connectivity index (χ1n) is 6.69. The van der Waals surface area contributed by atoms with Crippen LogP contribution in [-0.4, -0.2) is 13.1 Å². The lowest BCUT2D eigenvalue weighted by atomic mass is 10.2. The van der Waals surface area contributed by atoms with Gasteiger partial charge in [-0.2, -0.15) is 5.26 Å². The maximum Gasteiger partial charge on any atom is 0.331 e. The van der Waals surface area contributed by atoms with Crippen LogP contribution in [0.3, 0.4) is 0 Å². The number of benzene rings is 2. The minimum atomic E-state index is -0.417. The summed E-state index contributed by atoms with van der Waals surface area (Å²) in [6.07, 6.45) is 3.06.